The van der Waals surface area contributed by atoms with Crippen LogP contribution in [0, 0.1) is 5.41 Å². The van der Waals surface area contributed by atoms with Crippen molar-refractivity contribution < 1.29 is 14.6 Å². The van der Waals surface area contributed by atoms with E-state index in [1.807, 2.05) is 30.3 Å². The molecule has 0 bridgehead atoms. The number of hydrogen-bond acceptors (Lipinski definition) is 4. The molecule has 2 aromatic rings. The van der Waals surface area contributed by atoms with Crippen molar-refractivity contribution in [2.75, 3.05) is 7.11 Å². The molecule has 1 amide bonds. The Morgan fingerprint density at radius 3 is 2.78 bits per heavy atom. The van der Waals surface area contributed by atoms with Crippen LogP contribution in [-0.4, -0.2) is 24.1 Å². The minimum Gasteiger partial charge on any atom is -0.496 e. The molecule has 0 saturated heterocycles. The Labute approximate surface area is 146 Å². The standard InChI is InChI=1S/C16H15BrN2O3S/c1-22-13-7-6-11(17)8-10(13)9-23-14-5-3-2-4-12(14)15(18)19-16(20)21/h2-8H,9H2,1H3,(H2,18,19)(H,20,21). The van der Waals surface area contributed by atoms with Crippen LogP contribution < -0.4 is 10.1 Å². The lowest BCUT2D eigenvalue weighted by molar-refractivity contribution is 0.200. The van der Waals surface area contributed by atoms with E-state index in [1.165, 1.54) is 11.8 Å². The Balaban J connectivity index is 2.20. The summed E-state index contributed by atoms with van der Waals surface area (Å²) in [6, 6.07) is 13.0. The number of amides is 1. The van der Waals surface area contributed by atoms with Crippen molar-refractivity contribution in [2.45, 2.75) is 10.6 Å². The van der Waals surface area contributed by atoms with Gasteiger partial charge in [-0.15, -0.1) is 11.8 Å². The molecule has 2 rings (SSSR count). The third kappa shape index (κ3) is 4.74. The highest BCUT2D eigenvalue weighted by molar-refractivity contribution is 9.10. The van der Waals surface area contributed by atoms with E-state index in [4.69, 9.17) is 15.3 Å². The van der Waals surface area contributed by atoms with Crippen molar-refractivity contribution in [1.29, 1.82) is 5.41 Å². The molecule has 0 aliphatic heterocycles. The quantitative estimate of drug-likeness (QED) is 0.400. The van der Waals surface area contributed by atoms with Crippen molar-refractivity contribution >= 4 is 39.6 Å². The fourth-order valence-electron chi connectivity index (χ4n) is 1.99. The van der Waals surface area contributed by atoms with E-state index in [2.05, 4.69) is 21.2 Å². The zero-order valence-electron chi connectivity index (χ0n) is 12.3. The Hall–Kier alpha value is -1.99. The van der Waals surface area contributed by atoms with Gasteiger partial charge in [0.1, 0.15) is 11.6 Å². The molecular formula is C16H15BrN2O3S. The smallest absolute Gasteiger partial charge is 0.410 e. The molecular weight excluding hydrogens is 380 g/mol. The molecule has 3 N–H and O–H groups in total. The summed E-state index contributed by atoms with van der Waals surface area (Å²) < 4.78 is 6.31. The summed E-state index contributed by atoms with van der Waals surface area (Å²) in [6.45, 7) is 0. The average Bonchev–Trinajstić information content (AvgIpc) is 2.52. The van der Waals surface area contributed by atoms with Gasteiger partial charge in [-0.2, -0.15) is 0 Å². The summed E-state index contributed by atoms with van der Waals surface area (Å²) >= 11 is 4.96. The van der Waals surface area contributed by atoms with Gasteiger partial charge in [-0.1, -0.05) is 34.1 Å². The number of thioether (sulfide) groups is 1. The first-order valence-electron chi connectivity index (χ1n) is 6.64. The van der Waals surface area contributed by atoms with Crippen LogP contribution >= 0.6 is 27.7 Å². The monoisotopic (exact) mass is 394 g/mol. The highest BCUT2D eigenvalue weighted by atomic mass is 79.9. The van der Waals surface area contributed by atoms with Crippen molar-refractivity contribution in [3.63, 3.8) is 0 Å². The summed E-state index contributed by atoms with van der Waals surface area (Å²) in [5.41, 5.74) is 1.56. The third-order valence-corrected chi connectivity index (χ3v) is 4.63. The molecule has 5 nitrogen and oxygen atoms in total. The van der Waals surface area contributed by atoms with Crippen LogP contribution in [0.25, 0.3) is 0 Å². The average molecular weight is 395 g/mol. The summed E-state index contributed by atoms with van der Waals surface area (Å²) in [4.78, 5) is 11.5. The van der Waals surface area contributed by atoms with Crippen LogP contribution in [0.5, 0.6) is 5.75 Å². The lowest BCUT2D eigenvalue weighted by atomic mass is 10.2. The minimum atomic E-state index is -1.25. The lowest BCUT2D eigenvalue weighted by Gasteiger charge is -2.12. The molecule has 0 atom stereocenters. The number of ether oxygens (including phenoxy) is 1. The Morgan fingerprint density at radius 2 is 2.09 bits per heavy atom. The van der Waals surface area contributed by atoms with E-state index in [9.17, 15) is 4.79 Å². The number of rotatable bonds is 5. The minimum absolute atomic E-state index is 0.137. The fraction of sp³-hybridized carbons (Fsp3) is 0.125. The first kappa shape index (κ1) is 17.4. The first-order chi connectivity index (χ1) is 11.0. The normalized spacial score (nSPS) is 10.2. The summed E-state index contributed by atoms with van der Waals surface area (Å²) in [7, 11) is 1.62. The number of halogens is 1. The Kier molecular flexibility index (Phi) is 6.06. The van der Waals surface area contributed by atoms with Crippen molar-refractivity contribution in [2.24, 2.45) is 0 Å². The summed E-state index contributed by atoms with van der Waals surface area (Å²) in [5, 5.41) is 18.7. The number of carboxylic acid groups (broad SMARTS) is 1. The van der Waals surface area contributed by atoms with Gasteiger partial charge in [0.2, 0.25) is 0 Å². The second-order valence-corrected chi connectivity index (χ2v) is 6.48. The topological polar surface area (TPSA) is 82.4 Å². The van der Waals surface area contributed by atoms with Gasteiger partial charge in [0, 0.05) is 26.2 Å². The summed E-state index contributed by atoms with van der Waals surface area (Å²) in [6.07, 6.45) is -1.25. The third-order valence-electron chi connectivity index (χ3n) is 3.01. The molecule has 2 aromatic carbocycles. The van der Waals surface area contributed by atoms with E-state index in [0.717, 1.165) is 20.7 Å². The molecule has 23 heavy (non-hydrogen) atoms. The second kappa shape index (κ2) is 8.03. The summed E-state index contributed by atoms with van der Waals surface area (Å²) in [5.74, 6) is 1.29. The molecule has 0 aromatic heterocycles. The maximum atomic E-state index is 10.7. The van der Waals surface area contributed by atoms with Gasteiger partial charge in [0.15, 0.2) is 0 Å². The highest BCUT2D eigenvalue weighted by Crippen LogP contribution is 2.31. The van der Waals surface area contributed by atoms with E-state index < -0.39 is 6.09 Å². The van der Waals surface area contributed by atoms with Gasteiger partial charge in [0.05, 0.1) is 7.11 Å². The molecule has 0 spiro atoms. The van der Waals surface area contributed by atoms with Crippen LogP contribution in [0.15, 0.2) is 51.8 Å². The molecule has 0 aliphatic rings. The van der Waals surface area contributed by atoms with Crippen LogP contribution in [0.4, 0.5) is 4.79 Å². The molecule has 120 valence electrons. The largest absolute Gasteiger partial charge is 0.496 e. The molecule has 0 saturated carbocycles. The number of hydrogen-bond donors (Lipinski definition) is 3. The van der Waals surface area contributed by atoms with Crippen molar-refractivity contribution in [1.82, 2.24) is 5.32 Å². The van der Waals surface area contributed by atoms with Crippen LogP contribution in [-0.2, 0) is 5.75 Å². The van der Waals surface area contributed by atoms with Gasteiger partial charge in [-0.25, -0.2) is 4.79 Å². The predicted octanol–water partition coefficient (Wildman–Crippen LogP) is 4.34. The molecule has 0 unspecified atom stereocenters. The van der Waals surface area contributed by atoms with E-state index >= 15 is 0 Å². The number of nitrogens with one attached hydrogen (secondary N) is 2. The molecule has 7 heteroatoms. The SMILES string of the molecule is COc1ccc(Br)cc1CSc1ccccc1C(=N)NC(=O)O. The fourth-order valence-corrected chi connectivity index (χ4v) is 3.43. The number of methoxy groups -OCH3 is 1. The van der Waals surface area contributed by atoms with Crippen LogP contribution in [0.3, 0.4) is 0 Å². The van der Waals surface area contributed by atoms with Crippen molar-refractivity contribution in [3.8, 4) is 5.75 Å². The molecule has 0 fully saturated rings. The zero-order valence-corrected chi connectivity index (χ0v) is 14.7. The highest BCUT2D eigenvalue weighted by Gasteiger charge is 2.12. The molecule has 0 radical (unpaired) electrons. The predicted molar refractivity (Wildman–Crippen MR) is 94.7 cm³/mol. The van der Waals surface area contributed by atoms with Crippen molar-refractivity contribution in [3.05, 3.63) is 58.1 Å². The maximum absolute atomic E-state index is 10.7. The maximum Gasteiger partial charge on any atom is 0.410 e. The zero-order chi connectivity index (χ0) is 16.8. The molecule has 0 aliphatic carbocycles. The van der Waals surface area contributed by atoms with E-state index in [0.29, 0.717) is 11.3 Å². The first-order valence-corrected chi connectivity index (χ1v) is 8.42. The second-order valence-electron chi connectivity index (χ2n) is 4.55. The van der Waals surface area contributed by atoms with Gasteiger partial charge in [0.25, 0.3) is 0 Å². The number of amidine groups is 1. The van der Waals surface area contributed by atoms with Gasteiger partial charge in [-0.3, -0.25) is 10.7 Å². The number of carbonyl (C=O) groups is 1. The van der Waals surface area contributed by atoms with Crippen LogP contribution in [0.1, 0.15) is 11.1 Å². The molecule has 0 heterocycles. The lowest BCUT2D eigenvalue weighted by Crippen LogP contribution is -2.29. The van der Waals surface area contributed by atoms with E-state index in [1.54, 1.807) is 19.2 Å². The van der Waals surface area contributed by atoms with Gasteiger partial charge >= 0.3 is 6.09 Å². The Morgan fingerprint density at radius 1 is 1.35 bits per heavy atom. The number of benzene rings is 2. The Bertz CT molecular complexity index is 737. The van der Waals surface area contributed by atoms with Gasteiger partial charge in [-0.05, 0) is 24.3 Å². The van der Waals surface area contributed by atoms with E-state index in [-0.39, 0.29) is 5.84 Å². The van der Waals surface area contributed by atoms with Gasteiger partial charge < -0.3 is 9.84 Å². The van der Waals surface area contributed by atoms with Crippen LogP contribution in [0.2, 0.25) is 0 Å².